The van der Waals surface area contributed by atoms with Gasteiger partial charge in [0.2, 0.25) is 0 Å². The molecular weight excluding hydrogens is 296 g/mol. The van der Waals surface area contributed by atoms with Gasteiger partial charge in [0.1, 0.15) is 0 Å². The minimum atomic E-state index is -0.250. The molecule has 1 heterocycles. The lowest BCUT2D eigenvalue weighted by Gasteiger charge is -2.05. The Bertz CT molecular complexity index is 679. The molecule has 1 amide bonds. The van der Waals surface area contributed by atoms with E-state index in [0.29, 0.717) is 27.0 Å². The number of hydrogen-bond acceptors (Lipinski definition) is 4. The van der Waals surface area contributed by atoms with Gasteiger partial charge in [0, 0.05) is 17.0 Å². The van der Waals surface area contributed by atoms with Crippen LogP contribution in [0.4, 0.5) is 5.13 Å². The topological polar surface area (TPSA) is 59.1 Å². The van der Waals surface area contributed by atoms with Crippen molar-refractivity contribution in [3.05, 3.63) is 45.4 Å². The molecule has 2 aromatic rings. The summed E-state index contributed by atoms with van der Waals surface area (Å²) in [6.45, 7) is 0. The van der Waals surface area contributed by atoms with Crippen molar-refractivity contribution >= 4 is 39.8 Å². The quantitative estimate of drug-likeness (QED) is 0.922. The van der Waals surface area contributed by atoms with Crippen LogP contribution in [-0.2, 0) is 6.42 Å². The first kappa shape index (κ1) is 13.3. The van der Waals surface area contributed by atoms with Crippen molar-refractivity contribution < 1.29 is 9.59 Å². The number of thiazole rings is 1. The molecule has 20 heavy (non-hydrogen) atoms. The highest BCUT2D eigenvalue weighted by Gasteiger charge is 2.22. The van der Waals surface area contributed by atoms with E-state index in [1.165, 1.54) is 11.3 Å². The molecule has 6 heteroatoms. The van der Waals surface area contributed by atoms with Crippen LogP contribution in [0.3, 0.4) is 0 Å². The van der Waals surface area contributed by atoms with E-state index in [1.54, 1.807) is 24.3 Å². The number of halogens is 1. The van der Waals surface area contributed by atoms with Gasteiger partial charge in [-0.15, -0.1) is 0 Å². The fraction of sp³-hybridized carbons (Fsp3) is 0.214. The molecule has 1 aromatic carbocycles. The number of rotatable bonds is 2. The Morgan fingerprint density at radius 1 is 1.25 bits per heavy atom. The van der Waals surface area contributed by atoms with Crippen molar-refractivity contribution in [2.45, 2.75) is 19.3 Å². The molecule has 0 bridgehead atoms. The van der Waals surface area contributed by atoms with Gasteiger partial charge in [0.05, 0.1) is 10.6 Å². The van der Waals surface area contributed by atoms with Gasteiger partial charge in [-0.3, -0.25) is 14.9 Å². The first-order valence-corrected chi connectivity index (χ1v) is 7.43. The Labute approximate surface area is 124 Å². The van der Waals surface area contributed by atoms with Crippen LogP contribution in [-0.4, -0.2) is 16.7 Å². The second-order valence-corrected chi connectivity index (χ2v) is 5.97. The van der Waals surface area contributed by atoms with Crippen LogP contribution in [0.25, 0.3) is 0 Å². The molecule has 3 rings (SSSR count). The SMILES string of the molecule is O=C(Nc1nc2c(s1)C(=O)CCC2)c1ccc(Cl)cc1. The summed E-state index contributed by atoms with van der Waals surface area (Å²) in [5.74, 6) is -0.129. The lowest BCUT2D eigenvalue weighted by molar-refractivity contribution is 0.0975. The third kappa shape index (κ3) is 2.59. The second-order valence-electron chi connectivity index (χ2n) is 4.53. The molecule has 0 radical (unpaired) electrons. The summed E-state index contributed by atoms with van der Waals surface area (Å²) in [5.41, 5.74) is 1.31. The number of nitrogens with one attached hydrogen (secondary N) is 1. The lowest BCUT2D eigenvalue weighted by atomic mass is 10.0. The number of anilines is 1. The predicted octanol–water partition coefficient (Wildman–Crippen LogP) is 3.57. The van der Waals surface area contributed by atoms with Crippen molar-refractivity contribution in [3.63, 3.8) is 0 Å². The predicted molar refractivity (Wildman–Crippen MR) is 78.8 cm³/mol. The molecule has 1 aliphatic carbocycles. The summed E-state index contributed by atoms with van der Waals surface area (Å²) in [6, 6.07) is 6.62. The van der Waals surface area contributed by atoms with E-state index < -0.39 is 0 Å². The third-order valence-electron chi connectivity index (χ3n) is 3.09. The van der Waals surface area contributed by atoms with Crippen molar-refractivity contribution in [1.29, 1.82) is 0 Å². The zero-order valence-corrected chi connectivity index (χ0v) is 12.1. The smallest absolute Gasteiger partial charge is 0.257 e. The van der Waals surface area contributed by atoms with Crippen LogP contribution in [0.15, 0.2) is 24.3 Å². The highest BCUT2D eigenvalue weighted by atomic mass is 35.5. The maximum Gasteiger partial charge on any atom is 0.257 e. The Morgan fingerprint density at radius 3 is 2.70 bits per heavy atom. The van der Waals surface area contributed by atoms with E-state index in [1.807, 2.05) is 0 Å². The summed E-state index contributed by atoms with van der Waals surface area (Å²) in [6.07, 6.45) is 2.20. The maximum atomic E-state index is 12.0. The summed E-state index contributed by atoms with van der Waals surface area (Å²) in [4.78, 5) is 28.8. The standard InChI is InChI=1S/C14H11ClN2O2S/c15-9-6-4-8(5-7-9)13(19)17-14-16-10-2-1-3-11(18)12(10)20-14/h4-7H,1-3H2,(H,16,17,19). The summed E-state index contributed by atoms with van der Waals surface area (Å²) in [5, 5.41) is 3.79. The zero-order chi connectivity index (χ0) is 14.1. The van der Waals surface area contributed by atoms with Crippen LogP contribution in [0, 0.1) is 0 Å². The van der Waals surface area contributed by atoms with Crippen molar-refractivity contribution in [3.8, 4) is 0 Å². The van der Waals surface area contributed by atoms with Gasteiger partial charge in [-0.1, -0.05) is 22.9 Å². The van der Waals surface area contributed by atoms with Gasteiger partial charge in [-0.2, -0.15) is 0 Å². The number of carbonyl (C=O) groups is 2. The Morgan fingerprint density at radius 2 is 2.00 bits per heavy atom. The van der Waals surface area contributed by atoms with Crippen molar-refractivity contribution in [2.24, 2.45) is 0 Å². The number of amides is 1. The van der Waals surface area contributed by atoms with Gasteiger partial charge in [0.25, 0.3) is 5.91 Å². The van der Waals surface area contributed by atoms with E-state index in [9.17, 15) is 9.59 Å². The van der Waals surface area contributed by atoms with E-state index in [4.69, 9.17) is 11.6 Å². The monoisotopic (exact) mass is 306 g/mol. The van der Waals surface area contributed by atoms with Crippen LogP contribution < -0.4 is 5.32 Å². The number of benzene rings is 1. The molecule has 0 spiro atoms. The van der Waals surface area contributed by atoms with Crippen LogP contribution in [0.5, 0.6) is 0 Å². The molecule has 1 N–H and O–H groups in total. The summed E-state index contributed by atoms with van der Waals surface area (Å²) < 4.78 is 0. The van der Waals surface area contributed by atoms with Gasteiger partial charge in [-0.25, -0.2) is 4.98 Å². The van der Waals surface area contributed by atoms with E-state index in [0.717, 1.165) is 18.5 Å². The zero-order valence-electron chi connectivity index (χ0n) is 10.5. The van der Waals surface area contributed by atoms with Crippen molar-refractivity contribution in [2.75, 3.05) is 5.32 Å². The van der Waals surface area contributed by atoms with E-state index in [2.05, 4.69) is 10.3 Å². The molecule has 0 unspecified atom stereocenters. The van der Waals surface area contributed by atoms with Crippen LogP contribution in [0.2, 0.25) is 5.02 Å². The number of ketones is 1. The highest BCUT2D eigenvalue weighted by Crippen LogP contribution is 2.29. The molecule has 0 saturated carbocycles. The fourth-order valence-corrected chi connectivity index (χ4v) is 3.19. The molecular formula is C14H11ClN2O2S. The second kappa shape index (κ2) is 5.34. The molecule has 1 aliphatic rings. The average Bonchev–Trinajstić information content (AvgIpc) is 2.83. The van der Waals surface area contributed by atoms with Crippen LogP contribution in [0.1, 0.15) is 38.6 Å². The van der Waals surface area contributed by atoms with Gasteiger partial charge in [0.15, 0.2) is 10.9 Å². The Balaban J connectivity index is 1.79. The number of aryl methyl sites for hydroxylation is 1. The minimum absolute atomic E-state index is 0.121. The minimum Gasteiger partial charge on any atom is -0.298 e. The largest absolute Gasteiger partial charge is 0.298 e. The van der Waals surface area contributed by atoms with Gasteiger partial charge in [-0.05, 0) is 37.1 Å². The Hall–Kier alpha value is -1.72. The number of fused-ring (bicyclic) bond motifs is 1. The molecule has 0 aliphatic heterocycles. The number of nitrogens with zero attached hydrogens (tertiary/aromatic N) is 1. The number of carbonyl (C=O) groups excluding carboxylic acids is 2. The maximum absolute atomic E-state index is 12.0. The molecule has 102 valence electrons. The lowest BCUT2D eigenvalue weighted by Crippen LogP contribution is -2.11. The van der Waals surface area contributed by atoms with Crippen molar-refractivity contribution in [1.82, 2.24) is 4.98 Å². The van der Waals surface area contributed by atoms with Crippen LogP contribution >= 0.6 is 22.9 Å². The molecule has 1 aromatic heterocycles. The Kier molecular flexibility index (Phi) is 3.54. The van der Waals surface area contributed by atoms with E-state index >= 15 is 0 Å². The third-order valence-corrected chi connectivity index (χ3v) is 4.40. The number of hydrogen-bond donors (Lipinski definition) is 1. The first-order chi connectivity index (χ1) is 9.63. The van der Waals surface area contributed by atoms with Gasteiger partial charge < -0.3 is 0 Å². The number of aromatic nitrogens is 1. The molecule has 0 saturated heterocycles. The summed E-state index contributed by atoms with van der Waals surface area (Å²) in [7, 11) is 0. The molecule has 0 fully saturated rings. The van der Waals surface area contributed by atoms with E-state index in [-0.39, 0.29) is 11.7 Å². The molecule has 0 atom stereocenters. The number of Topliss-reactive ketones (excluding diaryl/α,β-unsaturated/α-hetero) is 1. The van der Waals surface area contributed by atoms with Gasteiger partial charge >= 0.3 is 0 Å². The average molecular weight is 307 g/mol. The fourth-order valence-electron chi connectivity index (χ4n) is 2.09. The summed E-state index contributed by atoms with van der Waals surface area (Å²) >= 11 is 7.03. The normalized spacial score (nSPS) is 13.9. The first-order valence-electron chi connectivity index (χ1n) is 6.23. The molecule has 4 nitrogen and oxygen atoms in total. The highest BCUT2D eigenvalue weighted by molar-refractivity contribution is 7.17.